The molecule has 7 aromatic rings. The van der Waals surface area contributed by atoms with Gasteiger partial charge in [-0.05, 0) is 104 Å². The molecule has 0 unspecified atom stereocenters. The lowest BCUT2D eigenvalue weighted by Crippen LogP contribution is -2.04. The summed E-state index contributed by atoms with van der Waals surface area (Å²) in [6.45, 7) is 11.0. The fourth-order valence-electron chi connectivity index (χ4n) is 7.11. The molecule has 0 aliphatic carbocycles. The molecule has 5 heteroatoms. The fraction of sp³-hybridized carbons (Fsp3) is 0.273. The van der Waals surface area contributed by atoms with E-state index in [9.17, 15) is 0 Å². The van der Waals surface area contributed by atoms with Crippen molar-refractivity contribution in [3.05, 3.63) is 131 Å². The molecule has 0 N–H and O–H groups in total. The third-order valence-corrected chi connectivity index (χ3v) is 9.38. The topological polar surface area (TPSA) is 44.9 Å². The smallest absolute Gasteiger partial charge is 0.137 e. The number of hydrogen-bond donors (Lipinski definition) is 0. The average Bonchev–Trinajstić information content (AvgIpc) is 3.63. The van der Waals surface area contributed by atoms with E-state index in [1.54, 1.807) is 0 Å². The molecule has 0 radical (unpaired) electrons. The summed E-state index contributed by atoms with van der Waals surface area (Å²) in [5.74, 6) is 2.48. The van der Waals surface area contributed by atoms with Crippen molar-refractivity contribution in [3.63, 3.8) is 0 Å². The van der Waals surface area contributed by atoms with E-state index in [1.165, 1.54) is 44.4 Å². The second-order valence-corrected chi connectivity index (χ2v) is 13.3. The largest absolute Gasteiger partial charge is 0.457 e. The van der Waals surface area contributed by atoms with Crippen LogP contribution in [0, 0.1) is 13.8 Å². The van der Waals surface area contributed by atoms with Crippen molar-refractivity contribution in [2.24, 2.45) is 0 Å². The first-order chi connectivity index (χ1) is 24.0. The lowest BCUT2D eigenvalue weighted by atomic mass is 9.96. The Bertz CT molecular complexity index is 2240. The van der Waals surface area contributed by atoms with E-state index in [4.69, 9.17) is 14.8 Å². The number of aromatic nitrogens is 4. The molecule has 0 spiro atoms. The summed E-state index contributed by atoms with van der Waals surface area (Å²) >= 11 is 0. The van der Waals surface area contributed by atoms with E-state index >= 15 is 0 Å². The normalized spacial score (nSPS) is 11.5. The van der Waals surface area contributed by atoms with Gasteiger partial charge in [0.1, 0.15) is 17.3 Å². The molecule has 7 rings (SSSR count). The first-order valence-corrected chi connectivity index (χ1v) is 17.9. The lowest BCUT2D eigenvalue weighted by Gasteiger charge is -2.14. The van der Waals surface area contributed by atoms with Crippen LogP contribution in [0.25, 0.3) is 44.4 Å². The van der Waals surface area contributed by atoms with Gasteiger partial charge in [-0.2, -0.15) is 5.10 Å². The van der Waals surface area contributed by atoms with Gasteiger partial charge in [-0.3, -0.25) is 4.57 Å². The van der Waals surface area contributed by atoms with Crippen LogP contribution >= 0.6 is 0 Å². The van der Waals surface area contributed by atoms with Crippen LogP contribution in [0.4, 0.5) is 0 Å². The highest BCUT2D eigenvalue weighted by Gasteiger charge is 2.21. The van der Waals surface area contributed by atoms with Gasteiger partial charge in [0.05, 0.1) is 28.1 Å². The predicted molar refractivity (Wildman–Crippen MR) is 204 cm³/mol. The highest BCUT2D eigenvalue weighted by atomic mass is 16.5. The maximum atomic E-state index is 6.69. The lowest BCUT2D eigenvalue weighted by molar-refractivity contribution is 0.482. The van der Waals surface area contributed by atoms with Crippen molar-refractivity contribution >= 4 is 21.8 Å². The molecule has 5 nitrogen and oxygen atoms in total. The van der Waals surface area contributed by atoms with Gasteiger partial charge in [0.15, 0.2) is 0 Å². The van der Waals surface area contributed by atoms with Gasteiger partial charge in [-0.25, -0.2) is 9.67 Å². The maximum Gasteiger partial charge on any atom is 0.137 e. The van der Waals surface area contributed by atoms with E-state index in [0.29, 0.717) is 0 Å². The second kappa shape index (κ2) is 14.1. The van der Waals surface area contributed by atoms with E-state index in [2.05, 4.69) is 135 Å². The first-order valence-electron chi connectivity index (χ1n) is 17.9. The Hall–Kier alpha value is -5.16. The minimum atomic E-state index is 0.784. The van der Waals surface area contributed by atoms with Crippen LogP contribution in [0.15, 0.2) is 103 Å². The number of unbranched alkanes of at least 4 members (excludes halogenated alkanes) is 1. The van der Waals surface area contributed by atoms with Crippen LogP contribution in [-0.4, -0.2) is 19.3 Å². The number of benzene rings is 4. The fourth-order valence-corrected chi connectivity index (χ4v) is 7.11. The molecule has 0 amide bonds. The van der Waals surface area contributed by atoms with Crippen LogP contribution in [0.1, 0.15) is 74.5 Å². The van der Waals surface area contributed by atoms with Crippen LogP contribution in [-0.2, 0) is 19.3 Å². The summed E-state index contributed by atoms with van der Waals surface area (Å²) in [6.07, 6.45) is 9.33. The number of aryl methyl sites for hydroxylation is 4. The molecule has 4 aromatic carbocycles. The summed E-state index contributed by atoms with van der Waals surface area (Å²) in [6, 6.07) is 34.7. The summed E-state index contributed by atoms with van der Waals surface area (Å²) in [5.41, 5.74) is 11.9. The zero-order valence-corrected chi connectivity index (χ0v) is 29.5. The molecule has 0 aliphatic rings. The summed E-state index contributed by atoms with van der Waals surface area (Å²) in [5, 5.41) is 7.69. The zero-order valence-electron chi connectivity index (χ0n) is 29.5. The Morgan fingerprint density at radius 1 is 0.653 bits per heavy atom. The van der Waals surface area contributed by atoms with Crippen molar-refractivity contribution in [2.75, 3.05) is 0 Å². The van der Waals surface area contributed by atoms with E-state index < -0.39 is 0 Å². The molecular weight excluding hydrogens is 601 g/mol. The maximum absolute atomic E-state index is 6.69. The van der Waals surface area contributed by atoms with Crippen molar-refractivity contribution < 1.29 is 4.74 Å². The molecular formula is C44H46N4O. The number of para-hydroxylation sites is 1. The molecule has 3 aromatic heterocycles. The van der Waals surface area contributed by atoms with Crippen molar-refractivity contribution in [1.82, 2.24) is 19.3 Å². The molecule has 0 saturated heterocycles. The number of fused-ring (bicyclic) bond motifs is 3. The van der Waals surface area contributed by atoms with Gasteiger partial charge in [-0.1, -0.05) is 82.5 Å². The highest BCUT2D eigenvalue weighted by Crippen LogP contribution is 2.37. The van der Waals surface area contributed by atoms with Crippen LogP contribution < -0.4 is 4.74 Å². The Morgan fingerprint density at radius 2 is 1.45 bits per heavy atom. The van der Waals surface area contributed by atoms with Crippen molar-refractivity contribution in [2.45, 2.75) is 79.6 Å². The first kappa shape index (κ1) is 32.4. The van der Waals surface area contributed by atoms with Crippen molar-refractivity contribution in [1.29, 1.82) is 0 Å². The standard InChI is InChI=1S/C44H46N4O/c1-6-9-15-41-44(33-19-17-32(12-7-2)18-20-33)39(13-8-3)46-48(41)34-25-31(5)26-36(28-34)49-35-21-22-38-37-14-10-11-16-40(37)47(42(38)29-35)43-27-30(4)23-24-45-43/h10-11,14,16-29H,6-9,12-13,15H2,1-5H3. The second-order valence-electron chi connectivity index (χ2n) is 13.3. The van der Waals surface area contributed by atoms with E-state index in [1.807, 2.05) is 12.3 Å². The molecule has 0 fully saturated rings. The van der Waals surface area contributed by atoms with E-state index in [-0.39, 0.29) is 0 Å². The minimum Gasteiger partial charge on any atom is -0.457 e. The Labute approximate surface area is 290 Å². The predicted octanol–water partition coefficient (Wildman–Crippen LogP) is 11.7. The van der Waals surface area contributed by atoms with Crippen LogP contribution in [0.2, 0.25) is 0 Å². The quantitative estimate of drug-likeness (QED) is 0.133. The number of hydrogen-bond acceptors (Lipinski definition) is 3. The SMILES string of the molecule is CCCCc1c(-c2ccc(CCC)cc2)c(CCC)nn1-c1cc(C)cc(Oc2ccc3c4ccccc4n(-c4cc(C)ccn4)c3c2)c1. The third kappa shape index (κ3) is 6.50. The molecule has 0 atom stereocenters. The van der Waals surface area contributed by atoms with Crippen molar-refractivity contribution in [3.8, 4) is 34.1 Å². The molecule has 0 aliphatic heterocycles. The molecule has 248 valence electrons. The monoisotopic (exact) mass is 646 g/mol. The zero-order chi connectivity index (χ0) is 33.9. The van der Waals surface area contributed by atoms with Crippen LogP contribution in [0.3, 0.4) is 0 Å². The van der Waals surface area contributed by atoms with Gasteiger partial charge in [0.25, 0.3) is 0 Å². The summed E-state index contributed by atoms with van der Waals surface area (Å²) in [7, 11) is 0. The molecule has 0 bridgehead atoms. The summed E-state index contributed by atoms with van der Waals surface area (Å²) in [4.78, 5) is 4.75. The Morgan fingerprint density at radius 3 is 2.22 bits per heavy atom. The van der Waals surface area contributed by atoms with Gasteiger partial charge in [-0.15, -0.1) is 0 Å². The van der Waals surface area contributed by atoms with Gasteiger partial charge in [0, 0.05) is 34.7 Å². The van der Waals surface area contributed by atoms with Gasteiger partial charge < -0.3 is 4.74 Å². The summed E-state index contributed by atoms with van der Waals surface area (Å²) < 4.78 is 11.1. The van der Waals surface area contributed by atoms with E-state index in [0.717, 1.165) is 84.5 Å². The number of nitrogens with zero attached hydrogens (tertiary/aromatic N) is 4. The average molecular weight is 647 g/mol. The number of ether oxygens (including phenoxy) is 1. The molecule has 3 heterocycles. The Kier molecular flexibility index (Phi) is 9.34. The number of pyridine rings is 1. The number of rotatable bonds is 12. The van der Waals surface area contributed by atoms with Crippen LogP contribution in [0.5, 0.6) is 11.5 Å². The minimum absolute atomic E-state index is 0.784. The molecule has 49 heavy (non-hydrogen) atoms. The van der Waals surface area contributed by atoms with Gasteiger partial charge >= 0.3 is 0 Å². The molecule has 0 saturated carbocycles. The highest BCUT2D eigenvalue weighted by molar-refractivity contribution is 6.09. The Balaban J connectivity index is 1.31. The third-order valence-electron chi connectivity index (χ3n) is 9.38. The van der Waals surface area contributed by atoms with Gasteiger partial charge in [0.2, 0.25) is 0 Å².